The first-order chi connectivity index (χ1) is 10.3. The van der Waals surface area contributed by atoms with Crippen molar-refractivity contribution in [3.63, 3.8) is 0 Å². The van der Waals surface area contributed by atoms with Crippen molar-refractivity contribution in [1.82, 2.24) is 4.72 Å². The van der Waals surface area contributed by atoms with Crippen LogP contribution in [0.25, 0.3) is 0 Å². The number of nitrogens with zero attached hydrogens (tertiary/aromatic N) is 1. The van der Waals surface area contributed by atoms with Gasteiger partial charge in [-0.05, 0) is 23.8 Å². The van der Waals surface area contributed by atoms with E-state index in [1.165, 1.54) is 24.3 Å². The third kappa shape index (κ3) is 4.27. The zero-order chi connectivity index (χ0) is 16.3. The van der Waals surface area contributed by atoms with Crippen LogP contribution in [0.15, 0.2) is 24.3 Å². The third-order valence-corrected chi connectivity index (χ3v) is 5.92. The fourth-order valence-electron chi connectivity index (χ4n) is 2.95. The number of nitro groups is 1. The Balaban J connectivity index is 2.03. The Hall–Kier alpha value is -1.47. The van der Waals surface area contributed by atoms with Crippen molar-refractivity contribution in [2.24, 2.45) is 11.8 Å². The van der Waals surface area contributed by atoms with Crippen LogP contribution in [-0.4, -0.2) is 19.4 Å². The molecule has 2 rings (SSSR count). The molecule has 0 amide bonds. The second-order valence-electron chi connectivity index (χ2n) is 6.17. The number of hydrogen-bond donors (Lipinski definition) is 1. The highest BCUT2D eigenvalue weighted by molar-refractivity contribution is 7.88. The third-order valence-electron chi connectivity index (χ3n) is 4.54. The van der Waals surface area contributed by atoms with E-state index in [1.807, 2.05) is 0 Å². The van der Waals surface area contributed by atoms with Gasteiger partial charge in [-0.25, -0.2) is 13.1 Å². The summed E-state index contributed by atoms with van der Waals surface area (Å²) in [6.07, 6.45) is 3.04. The molecule has 0 unspecified atom stereocenters. The SMILES string of the molecule is C[C@@H]1[C@H](C)CCC[C@H]1NS(=O)(=O)Cc1ccc([N+](=O)[O-])cc1. The Labute approximate surface area is 131 Å². The molecule has 1 N–H and O–H groups in total. The van der Waals surface area contributed by atoms with Gasteiger partial charge in [-0.1, -0.05) is 38.8 Å². The second-order valence-corrected chi connectivity index (χ2v) is 7.93. The predicted molar refractivity (Wildman–Crippen MR) is 84.8 cm³/mol. The highest BCUT2D eigenvalue weighted by atomic mass is 32.2. The van der Waals surface area contributed by atoms with Crippen LogP contribution in [0.1, 0.15) is 38.7 Å². The van der Waals surface area contributed by atoms with Crippen LogP contribution in [0.5, 0.6) is 0 Å². The van der Waals surface area contributed by atoms with Gasteiger partial charge in [-0.15, -0.1) is 0 Å². The van der Waals surface area contributed by atoms with Gasteiger partial charge in [0.15, 0.2) is 0 Å². The molecule has 1 aromatic rings. The number of nitrogens with one attached hydrogen (secondary N) is 1. The molecule has 7 heteroatoms. The molecule has 1 aliphatic carbocycles. The summed E-state index contributed by atoms with van der Waals surface area (Å²) in [5, 5.41) is 10.6. The zero-order valence-electron chi connectivity index (χ0n) is 12.9. The van der Waals surface area contributed by atoms with Crippen LogP contribution in [0.3, 0.4) is 0 Å². The van der Waals surface area contributed by atoms with E-state index in [-0.39, 0.29) is 17.5 Å². The van der Waals surface area contributed by atoms with Crippen molar-refractivity contribution in [3.05, 3.63) is 39.9 Å². The molecule has 1 fully saturated rings. The first-order valence-electron chi connectivity index (χ1n) is 7.52. The number of non-ortho nitro benzene ring substituents is 1. The molecule has 1 saturated carbocycles. The Morgan fingerprint density at radius 1 is 1.23 bits per heavy atom. The lowest BCUT2D eigenvalue weighted by Gasteiger charge is -2.34. The highest BCUT2D eigenvalue weighted by Crippen LogP contribution is 2.30. The minimum Gasteiger partial charge on any atom is -0.258 e. The van der Waals surface area contributed by atoms with E-state index >= 15 is 0 Å². The second kappa shape index (κ2) is 6.75. The Kier molecular flexibility index (Phi) is 5.18. The normalized spacial score (nSPS) is 25.8. The molecule has 0 spiro atoms. The Morgan fingerprint density at radius 3 is 2.45 bits per heavy atom. The molecule has 0 aromatic heterocycles. The average Bonchev–Trinajstić information content (AvgIpc) is 2.44. The molecule has 1 aromatic carbocycles. The highest BCUT2D eigenvalue weighted by Gasteiger charge is 2.30. The Morgan fingerprint density at radius 2 is 1.86 bits per heavy atom. The maximum atomic E-state index is 12.3. The molecule has 0 heterocycles. The summed E-state index contributed by atoms with van der Waals surface area (Å²) in [6.45, 7) is 4.24. The van der Waals surface area contributed by atoms with E-state index in [0.717, 1.165) is 19.3 Å². The fraction of sp³-hybridized carbons (Fsp3) is 0.600. The van der Waals surface area contributed by atoms with E-state index in [1.54, 1.807) is 0 Å². The molecule has 0 aliphatic heterocycles. The van der Waals surface area contributed by atoms with Crippen molar-refractivity contribution in [3.8, 4) is 0 Å². The van der Waals surface area contributed by atoms with Crippen molar-refractivity contribution in [1.29, 1.82) is 0 Å². The van der Waals surface area contributed by atoms with Gasteiger partial charge in [-0.2, -0.15) is 0 Å². The van der Waals surface area contributed by atoms with Crippen molar-refractivity contribution < 1.29 is 13.3 Å². The minimum atomic E-state index is -3.44. The van der Waals surface area contributed by atoms with Gasteiger partial charge in [0, 0.05) is 18.2 Å². The predicted octanol–water partition coefficient (Wildman–Crippen LogP) is 2.84. The van der Waals surface area contributed by atoms with Crippen LogP contribution in [0.4, 0.5) is 5.69 Å². The van der Waals surface area contributed by atoms with Gasteiger partial charge in [0.1, 0.15) is 0 Å². The van der Waals surface area contributed by atoms with Crippen LogP contribution in [0, 0.1) is 22.0 Å². The molecule has 0 saturated heterocycles. The minimum absolute atomic E-state index is 0.0215. The molecule has 6 nitrogen and oxygen atoms in total. The van der Waals surface area contributed by atoms with Crippen LogP contribution in [-0.2, 0) is 15.8 Å². The smallest absolute Gasteiger partial charge is 0.258 e. The van der Waals surface area contributed by atoms with E-state index in [2.05, 4.69) is 18.6 Å². The molecule has 3 atom stereocenters. The summed E-state index contributed by atoms with van der Waals surface area (Å²) in [6, 6.07) is 5.62. The van der Waals surface area contributed by atoms with Gasteiger partial charge in [-0.3, -0.25) is 10.1 Å². The lowest BCUT2D eigenvalue weighted by molar-refractivity contribution is -0.384. The standard InChI is InChI=1S/C15H22N2O4S/c1-11-4-3-5-15(12(11)2)16-22(20,21)10-13-6-8-14(9-7-13)17(18)19/h6-9,11-12,15-16H,3-5,10H2,1-2H3/t11-,12-,15-/m1/s1. The van der Waals surface area contributed by atoms with E-state index < -0.39 is 14.9 Å². The molecular weight excluding hydrogens is 304 g/mol. The largest absolute Gasteiger partial charge is 0.269 e. The van der Waals surface area contributed by atoms with Gasteiger partial charge in [0.05, 0.1) is 10.7 Å². The number of nitro benzene ring substituents is 1. The first-order valence-corrected chi connectivity index (χ1v) is 9.17. The lowest BCUT2D eigenvalue weighted by Crippen LogP contribution is -2.44. The molecular formula is C15H22N2O4S. The average molecular weight is 326 g/mol. The summed E-state index contributed by atoms with van der Waals surface area (Å²) < 4.78 is 27.4. The summed E-state index contributed by atoms with van der Waals surface area (Å²) in [4.78, 5) is 10.1. The monoisotopic (exact) mass is 326 g/mol. The quantitative estimate of drug-likeness (QED) is 0.665. The van der Waals surface area contributed by atoms with E-state index in [9.17, 15) is 18.5 Å². The van der Waals surface area contributed by atoms with E-state index in [4.69, 9.17) is 0 Å². The molecule has 0 bridgehead atoms. The summed E-state index contributed by atoms with van der Waals surface area (Å²) in [5.74, 6) is 0.684. The molecule has 1 aliphatic rings. The molecule has 122 valence electrons. The van der Waals surface area contributed by atoms with Crippen LogP contribution < -0.4 is 4.72 Å². The summed E-state index contributed by atoms with van der Waals surface area (Å²) >= 11 is 0. The van der Waals surface area contributed by atoms with Gasteiger partial charge < -0.3 is 0 Å². The van der Waals surface area contributed by atoms with Gasteiger partial charge >= 0.3 is 0 Å². The van der Waals surface area contributed by atoms with Crippen molar-refractivity contribution in [2.45, 2.75) is 44.9 Å². The van der Waals surface area contributed by atoms with Crippen LogP contribution >= 0.6 is 0 Å². The maximum absolute atomic E-state index is 12.3. The number of benzene rings is 1. The van der Waals surface area contributed by atoms with Gasteiger partial charge in [0.25, 0.3) is 5.69 Å². The van der Waals surface area contributed by atoms with Crippen molar-refractivity contribution in [2.75, 3.05) is 0 Å². The number of rotatable bonds is 5. The molecule has 0 radical (unpaired) electrons. The van der Waals surface area contributed by atoms with Gasteiger partial charge in [0.2, 0.25) is 10.0 Å². The lowest BCUT2D eigenvalue weighted by atomic mass is 9.78. The number of hydrogen-bond acceptors (Lipinski definition) is 4. The topological polar surface area (TPSA) is 89.3 Å². The first kappa shape index (κ1) is 16.9. The summed E-state index contributed by atoms with van der Waals surface area (Å²) in [7, 11) is -3.44. The molecule has 22 heavy (non-hydrogen) atoms. The maximum Gasteiger partial charge on any atom is 0.269 e. The number of sulfonamides is 1. The van der Waals surface area contributed by atoms with Crippen molar-refractivity contribution >= 4 is 15.7 Å². The fourth-order valence-corrected chi connectivity index (χ4v) is 4.46. The van der Waals surface area contributed by atoms with Crippen LogP contribution in [0.2, 0.25) is 0 Å². The van der Waals surface area contributed by atoms with E-state index in [0.29, 0.717) is 17.4 Å². The zero-order valence-corrected chi connectivity index (χ0v) is 13.7. The Bertz CT molecular complexity index is 627. The summed E-state index contributed by atoms with van der Waals surface area (Å²) in [5.41, 5.74) is 0.512.